The molecule has 0 radical (unpaired) electrons. The number of ketones is 2. The second-order valence-electron chi connectivity index (χ2n) is 5.73. The van der Waals surface area contributed by atoms with Gasteiger partial charge in [0.1, 0.15) is 18.1 Å². The van der Waals surface area contributed by atoms with Gasteiger partial charge in [0, 0.05) is 26.1 Å². The molecule has 0 spiro atoms. The fourth-order valence-electron chi connectivity index (χ4n) is 2.81. The smallest absolute Gasteiger partial charge is 0.170 e. The van der Waals surface area contributed by atoms with Gasteiger partial charge in [0.2, 0.25) is 0 Å². The van der Waals surface area contributed by atoms with E-state index in [0.29, 0.717) is 42.3 Å². The Morgan fingerprint density at radius 2 is 2.04 bits per heavy atom. The number of benzene rings is 1. The Morgan fingerprint density at radius 1 is 1.26 bits per heavy atom. The van der Waals surface area contributed by atoms with Crippen molar-refractivity contribution in [3.05, 3.63) is 23.3 Å². The van der Waals surface area contributed by atoms with Gasteiger partial charge in [-0.1, -0.05) is 0 Å². The molecule has 0 unspecified atom stereocenters. The van der Waals surface area contributed by atoms with Crippen LogP contribution in [0.25, 0.3) is 0 Å². The summed E-state index contributed by atoms with van der Waals surface area (Å²) in [6, 6.07) is 3.35. The highest BCUT2D eigenvalue weighted by atomic mass is 16.5. The van der Waals surface area contributed by atoms with Crippen molar-refractivity contribution in [2.75, 3.05) is 46.1 Å². The van der Waals surface area contributed by atoms with E-state index in [4.69, 9.17) is 14.2 Å². The lowest BCUT2D eigenvalue weighted by Crippen LogP contribution is -2.38. The molecule has 6 heteroatoms. The minimum Gasteiger partial charge on any atom is -0.492 e. The van der Waals surface area contributed by atoms with Crippen LogP contribution in [0.15, 0.2) is 12.1 Å². The molecule has 0 aliphatic carbocycles. The first-order chi connectivity index (χ1) is 11.1. The number of Topliss-reactive ketones (excluding diaryl/α,β-unsaturated/α-hetero) is 2. The van der Waals surface area contributed by atoms with Gasteiger partial charge >= 0.3 is 0 Å². The lowest BCUT2D eigenvalue weighted by atomic mass is 9.99. The molecular weight excluding hydrogens is 298 g/mol. The Labute approximate surface area is 135 Å². The number of hydrogen-bond acceptors (Lipinski definition) is 6. The second-order valence-corrected chi connectivity index (χ2v) is 5.73. The lowest BCUT2D eigenvalue weighted by Gasteiger charge is -2.26. The van der Waals surface area contributed by atoms with Crippen LogP contribution in [0.5, 0.6) is 11.5 Å². The Morgan fingerprint density at radius 3 is 2.78 bits per heavy atom. The van der Waals surface area contributed by atoms with E-state index < -0.39 is 0 Å². The van der Waals surface area contributed by atoms with Gasteiger partial charge in [-0.15, -0.1) is 0 Å². The van der Waals surface area contributed by atoms with Gasteiger partial charge < -0.3 is 14.2 Å². The Kier molecular flexibility index (Phi) is 4.93. The summed E-state index contributed by atoms with van der Waals surface area (Å²) >= 11 is 0. The van der Waals surface area contributed by atoms with E-state index >= 15 is 0 Å². The average molecular weight is 319 g/mol. The van der Waals surface area contributed by atoms with Crippen LogP contribution >= 0.6 is 0 Å². The van der Waals surface area contributed by atoms with Gasteiger partial charge in [-0.3, -0.25) is 14.5 Å². The van der Waals surface area contributed by atoms with Gasteiger partial charge in [-0.05, 0) is 19.1 Å². The molecule has 0 bridgehead atoms. The molecule has 1 aromatic carbocycles. The van der Waals surface area contributed by atoms with Crippen LogP contribution in [0.4, 0.5) is 0 Å². The number of fused-ring (bicyclic) bond motifs is 1. The highest BCUT2D eigenvalue weighted by molar-refractivity contribution is 6.06. The highest BCUT2D eigenvalue weighted by Gasteiger charge is 2.24. The summed E-state index contributed by atoms with van der Waals surface area (Å²) < 4.78 is 16.6. The van der Waals surface area contributed by atoms with E-state index in [1.54, 1.807) is 12.1 Å². The SMILES string of the molecule is CC(=O)c1cc(OCCN2CCOCC2)cc2c1OCCC2=O. The zero-order valence-electron chi connectivity index (χ0n) is 13.3. The van der Waals surface area contributed by atoms with Gasteiger partial charge in [-0.2, -0.15) is 0 Å². The van der Waals surface area contributed by atoms with E-state index in [0.717, 1.165) is 32.8 Å². The summed E-state index contributed by atoms with van der Waals surface area (Å²) in [6.07, 6.45) is 0.335. The number of morpholine rings is 1. The normalized spacial score (nSPS) is 18.2. The monoisotopic (exact) mass is 319 g/mol. The molecule has 0 aromatic heterocycles. The first-order valence-corrected chi connectivity index (χ1v) is 7.93. The Hall–Kier alpha value is -1.92. The van der Waals surface area contributed by atoms with E-state index in [1.165, 1.54) is 6.92 Å². The predicted molar refractivity (Wildman–Crippen MR) is 83.6 cm³/mol. The molecule has 0 atom stereocenters. The van der Waals surface area contributed by atoms with Crippen LogP contribution in [-0.2, 0) is 4.74 Å². The molecule has 1 saturated heterocycles. The Bertz CT molecular complexity index is 590. The molecule has 0 amide bonds. The second kappa shape index (κ2) is 7.10. The summed E-state index contributed by atoms with van der Waals surface area (Å²) in [6.45, 7) is 6.39. The summed E-state index contributed by atoms with van der Waals surface area (Å²) in [7, 11) is 0. The molecule has 6 nitrogen and oxygen atoms in total. The number of nitrogens with zero attached hydrogens (tertiary/aromatic N) is 1. The molecule has 1 fully saturated rings. The van der Waals surface area contributed by atoms with Crippen molar-refractivity contribution in [2.24, 2.45) is 0 Å². The van der Waals surface area contributed by atoms with Crippen molar-refractivity contribution in [1.29, 1.82) is 0 Å². The van der Waals surface area contributed by atoms with Crippen molar-refractivity contribution in [2.45, 2.75) is 13.3 Å². The van der Waals surface area contributed by atoms with Crippen LogP contribution in [0.1, 0.15) is 34.1 Å². The van der Waals surface area contributed by atoms with Crippen LogP contribution < -0.4 is 9.47 Å². The predicted octanol–water partition coefficient (Wildman–Crippen LogP) is 1.57. The van der Waals surface area contributed by atoms with E-state index in [-0.39, 0.29) is 11.6 Å². The van der Waals surface area contributed by atoms with Crippen molar-refractivity contribution < 1.29 is 23.8 Å². The van der Waals surface area contributed by atoms with E-state index in [2.05, 4.69) is 4.90 Å². The van der Waals surface area contributed by atoms with Crippen LogP contribution in [-0.4, -0.2) is 62.5 Å². The minimum absolute atomic E-state index is 0.00706. The number of carbonyl (C=O) groups excluding carboxylic acids is 2. The molecule has 3 rings (SSSR count). The number of hydrogen-bond donors (Lipinski definition) is 0. The van der Waals surface area contributed by atoms with Crippen LogP contribution in [0.3, 0.4) is 0 Å². The molecule has 0 N–H and O–H groups in total. The fourth-order valence-corrected chi connectivity index (χ4v) is 2.81. The zero-order valence-corrected chi connectivity index (χ0v) is 13.3. The molecule has 1 aromatic rings. The van der Waals surface area contributed by atoms with Crippen molar-refractivity contribution >= 4 is 11.6 Å². The van der Waals surface area contributed by atoms with Crippen LogP contribution in [0.2, 0.25) is 0 Å². The summed E-state index contributed by atoms with van der Waals surface area (Å²) in [4.78, 5) is 26.2. The molecule has 0 saturated carbocycles. The van der Waals surface area contributed by atoms with E-state index in [9.17, 15) is 9.59 Å². The summed E-state index contributed by atoms with van der Waals surface area (Å²) in [5.41, 5.74) is 0.863. The third kappa shape index (κ3) is 3.71. The summed E-state index contributed by atoms with van der Waals surface area (Å²) in [5.74, 6) is 0.803. The van der Waals surface area contributed by atoms with Crippen molar-refractivity contribution in [3.8, 4) is 11.5 Å². The topological polar surface area (TPSA) is 65.1 Å². The van der Waals surface area contributed by atoms with Crippen molar-refractivity contribution in [3.63, 3.8) is 0 Å². The maximum absolute atomic E-state index is 12.1. The molecule has 23 heavy (non-hydrogen) atoms. The first kappa shape index (κ1) is 16.0. The molecular formula is C17H21NO5. The standard InChI is InChI=1S/C17H21NO5/c1-12(19)14-10-13(11-15-16(20)2-6-23-17(14)15)22-9-5-18-3-7-21-8-4-18/h10-11H,2-9H2,1H3. The number of rotatable bonds is 5. The molecule has 2 aliphatic rings. The summed E-state index contributed by atoms with van der Waals surface area (Å²) in [5, 5.41) is 0. The van der Waals surface area contributed by atoms with Gasteiger partial charge in [0.15, 0.2) is 11.6 Å². The quantitative estimate of drug-likeness (QED) is 0.768. The minimum atomic E-state index is -0.130. The number of carbonyl (C=O) groups is 2. The number of ether oxygens (including phenoxy) is 3. The zero-order chi connectivity index (χ0) is 16.2. The largest absolute Gasteiger partial charge is 0.492 e. The average Bonchev–Trinajstić information content (AvgIpc) is 2.56. The maximum atomic E-state index is 12.1. The molecule has 2 heterocycles. The first-order valence-electron chi connectivity index (χ1n) is 7.93. The van der Waals surface area contributed by atoms with Crippen molar-refractivity contribution in [1.82, 2.24) is 4.90 Å². The molecule has 124 valence electrons. The fraction of sp³-hybridized carbons (Fsp3) is 0.529. The molecule has 2 aliphatic heterocycles. The third-order valence-corrected chi connectivity index (χ3v) is 4.10. The highest BCUT2D eigenvalue weighted by Crippen LogP contribution is 2.33. The van der Waals surface area contributed by atoms with E-state index in [1.807, 2.05) is 0 Å². The van der Waals surface area contributed by atoms with Gasteiger partial charge in [-0.25, -0.2) is 0 Å². The van der Waals surface area contributed by atoms with Gasteiger partial charge in [0.05, 0.1) is 30.9 Å². The Balaban J connectivity index is 1.71. The maximum Gasteiger partial charge on any atom is 0.170 e. The van der Waals surface area contributed by atoms with Crippen LogP contribution in [0, 0.1) is 0 Å². The van der Waals surface area contributed by atoms with Gasteiger partial charge in [0.25, 0.3) is 0 Å². The third-order valence-electron chi connectivity index (χ3n) is 4.10. The lowest BCUT2D eigenvalue weighted by molar-refractivity contribution is 0.0322.